The summed E-state index contributed by atoms with van der Waals surface area (Å²) in [6.45, 7) is 4.54. The second kappa shape index (κ2) is 3.19. The third kappa shape index (κ3) is 1.27. The highest BCUT2D eigenvalue weighted by Crippen LogP contribution is 2.20. The molecule has 0 N–H and O–H groups in total. The Morgan fingerprint density at radius 3 is 2.79 bits per heavy atom. The Morgan fingerprint density at radius 2 is 2.07 bits per heavy atom. The smallest absolute Gasteiger partial charge is 0.110 e. The van der Waals surface area contributed by atoms with E-state index in [1.807, 2.05) is 11.5 Å². The first-order valence-corrected chi connectivity index (χ1v) is 4.66. The molecule has 0 amide bonds. The zero-order chi connectivity index (χ0) is 10.1. The maximum absolute atomic E-state index is 8.71. The third-order valence-electron chi connectivity index (χ3n) is 2.49. The van der Waals surface area contributed by atoms with E-state index in [4.69, 9.17) is 5.26 Å². The molecule has 70 valence electrons. The quantitative estimate of drug-likeness (QED) is 0.670. The van der Waals surface area contributed by atoms with Crippen molar-refractivity contribution >= 4 is 10.9 Å². The highest BCUT2D eigenvalue weighted by atomic mass is 15.0. The highest BCUT2D eigenvalue weighted by molar-refractivity contribution is 5.82. The van der Waals surface area contributed by atoms with Gasteiger partial charge in [0.05, 0.1) is 6.07 Å². The maximum atomic E-state index is 8.71. The Hall–Kier alpha value is -1.75. The molecule has 2 aromatic rings. The van der Waals surface area contributed by atoms with Crippen LogP contribution in [0.2, 0.25) is 0 Å². The molecular formula is C12H12N2. The van der Waals surface area contributed by atoms with Gasteiger partial charge in [-0.15, -0.1) is 0 Å². The summed E-state index contributed by atoms with van der Waals surface area (Å²) in [5.74, 6) is 0. The predicted octanol–water partition coefficient (Wildman–Crippen LogP) is 2.78. The van der Waals surface area contributed by atoms with Crippen LogP contribution in [0.5, 0.6) is 0 Å². The van der Waals surface area contributed by atoms with E-state index >= 15 is 0 Å². The number of hydrogen-bond acceptors (Lipinski definition) is 1. The van der Waals surface area contributed by atoms with Crippen LogP contribution in [-0.2, 0) is 6.54 Å². The fourth-order valence-electron chi connectivity index (χ4n) is 1.81. The van der Waals surface area contributed by atoms with Crippen LogP contribution in [0.15, 0.2) is 24.3 Å². The van der Waals surface area contributed by atoms with Crippen molar-refractivity contribution in [2.24, 2.45) is 0 Å². The van der Waals surface area contributed by atoms with Crippen LogP contribution >= 0.6 is 0 Å². The van der Waals surface area contributed by atoms with Crippen molar-refractivity contribution in [1.82, 2.24) is 4.57 Å². The van der Waals surface area contributed by atoms with Crippen molar-refractivity contribution in [2.45, 2.75) is 20.4 Å². The van der Waals surface area contributed by atoms with Crippen molar-refractivity contribution < 1.29 is 0 Å². The number of rotatable bonds is 1. The monoisotopic (exact) mass is 184 g/mol. The molecule has 0 bridgehead atoms. The van der Waals surface area contributed by atoms with Gasteiger partial charge < -0.3 is 4.57 Å². The largest absolute Gasteiger partial charge is 0.331 e. The molecule has 1 aromatic carbocycles. The number of hydrogen-bond donors (Lipinski definition) is 0. The summed E-state index contributed by atoms with van der Waals surface area (Å²) in [5, 5.41) is 9.93. The molecule has 0 fully saturated rings. The summed E-state index contributed by atoms with van der Waals surface area (Å²) < 4.78 is 2.04. The summed E-state index contributed by atoms with van der Waals surface area (Å²) in [6.07, 6.45) is 0. The van der Waals surface area contributed by atoms with Crippen LogP contribution < -0.4 is 0 Å². The van der Waals surface area contributed by atoms with Gasteiger partial charge in [-0.1, -0.05) is 11.6 Å². The lowest BCUT2D eigenvalue weighted by Crippen LogP contribution is -1.96. The van der Waals surface area contributed by atoms with Gasteiger partial charge in [-0.05, 0) is 32.0 Å². The summed E-state index contributed by atoms with van der Waals surface area (Å²) in [6, 6.07) is 10.6. The van der Waals surface area contributed by atoms with Gasteiger partial charge in [0.1, 0.15) is 6.54 Å². The van der Waals surface area contributed by atoms with Crippen LogP contribution in [0.1, 0.15) is 11.3 Å². The van der Waals surface area contributed by atoms with E-state index in [1.165, 1.54) is 10.9 Å². The fraction of sp³-hybridized carbons (Fsp3) is 0.250. The molecule has 0 unspecified atom stereocenters. The Bertz CT molecular complexity index is 515. The van der Waals surface area contributed by atoms with Crippen LogP contribution in [0.4, 0.5) is 0 Å². The Morgan fingerprint density at radius 1 is 1.29 bits per heavy atom. The molecule has 0 saturated carbocycles. The van der Waals surface area contributed by atoms with E-state index in [-0.39, 0.29) is 0 Å². The number of fused-ring (bicyclic) bond motifs is 1. The molecule has 0 atom stereocenters. The van der Waals surface area contributed by atoms with Gasteiger partial charge in [0.2, 0.25) is 0 Å². The van der Waals surface area contributed by atoms with E-state index in [1.54, 1.807) is 0 Å². The molecule has 0 aliphatic heterocycles. The molecule has 0 aliphatic carbocycles. The average molecular weight is 184 g/mol. The summed E-state index contributed by atoms with van der Waals surface area (Å²) in [5.41, 5.74) is 3.55. The van der Waals surface area contributed by atoms with Crippen LogP contribution in [0.25, 0.3) is 10.9 Å². The minimum atomic E-state index is 0.429. The predicted molar refractivity (Wildman–Crippen MR) is 57.0 cm³/mol. The SMILES string of the molecule is Cc1ccc2c(c1)cc(C)n2CC#N. The Kier molecular flexibility index (Phi) is 2.01. The molecule has 1 aromatic heterocycles. The molecule has 2 heteroatoms. The van der Waals surface area contributed by atoms with Gasteiger partial charge >= 0.3 is 0 Å². The second-order valence-corrected chi connectivity index (χ2v) is 3.59. The van der Waals surface area contributed by atoms with Crippen LogP contribution in [0, 0.1) is 25.2 Å². The third-order valence-corrected chi connectivity index (χ3v) is 2.49. The first kappa shape index (κ1) is 8.83. The fourth-order valence-corrected chi connectivity index (χ4v) is 1.81. The lowest BCUT2D eigenvalue weighted by Gasteiger charge is -2.01. The van der Waals surface area contributed by atoms with E-state index in [0.29, 0.717) is 6.54 Å². The maximum Gasteiger partial charge on any atom is 0.110 e. The van der Waals surface area contributed by atoms with E-state index in [2.05, 4.69) is 37.3 Å². The van der Waals surface area contributed by atoms with E-state index in [9.17, 15) is 0 Å². The van der Waals surface area contributed by atoms with Crippen molar-refractivity contribution in [2.75, 3.05) is 0 Å². The molecule has 2 rings (SSSR count). The molecular weight excluding hydrogens is 172 g/mol. The molecule has 2 nitrogen and oxygen atoms in total. The van der Waals surface area contributed by atoms with Crippen LogP contribution in [-0.4, -0.2) is 4.57 Å². The number of benzene rings is 1. The topological polar surface area (TPSA) is 28.7 Å². The lowest BCUT2D eigenvalue weighted by atomic mass is 10.2. The van der Waals surface area contributed by atoms with Crippen molar-refractivity contribution in [1.29, 1.82) is 5.26 Å². The summed E-state index contributed by atoms with van der Waals surface area (Å²) in [4.78, 5) is 0. The minimum Gasteiger partial charge on any atom is -0.331 e. The second-order valence-electron chi connectivity index (χ2n) is 3.59. The average Bonchev–Trinajstić information content (AvgIpc) is 2.43. The zero-order valence-electron chi connectivity index (χ0n) is 8.41. The number of aromatic nitrogens is 1. The van der Waals surface area contributed by atoms with Crippen LogP contribution in [0.3, 0.4) is 0 Å². The summed E-state index contributed by atoms with van der Waals surface area (Å²) >= 11 is 0. The van der Waals surface area contributed by atoms with Gasteiger partial charge in [0.15, 0.2) is 0 Å². The van der Waals surface area contributed by atoms with Crippen molar-refractivity contribution in [3.8, 4) is 6.07 Å². The van der Waals surface area contributed by atoms with Crippen molar-refractivity contribution in [3.63, 3.8) is 0 Å². The molecule has 14 heavy (non-hydrogen) atoms. The zero-order valence-corrected chi connectivity index (χ0v) is 8.41. The Labute approximate surface area is 83.4 Å². The van der Waals surface area contributed by atoms with Gasteiger partial charge in [0, 0.05) is 16.6 Å². The lowest BCUT2D eigenvalue weighted by molar-refractivity contribution is 0.837. The van der Waals surface area contributed by atoms with Gasteiger partial charge in [-0.25, -0.2) is 0 Å². The van der Waals surface area contributed by atoms with Gasteiger partial charge in [-0.3, -0.25) is 0 Å². The molecule has 0 radical (unpaired) electrons. The molecule has 0 saturated heterocycles. The first-order chi connectivity index (χ1) is 6.72. The number of nitriles is 1. The van der Waals surface area contributed by atoms with Gasteiger partial charge in [-0.2, -0.15) is 5.26 Å². The number of nitrogens with zero attached hydrogens (tertiary/aromatic N) is 2. The van der Waals surface area contributed by atoms with Crippen molar-refractivity contribution in [3.05, 3.63) is 35.5 Å². The first-order valence-electron chi connectivity index (χ1n) is 4.66. The highest BCUT2D eigenvalue weighted by Gasteiger charge is 2.04. The van der Waals surface area contributed by atoms with E-state index in [0.717, 1.165) is 11.2 Å². The van der Waals surface area contributed by atoms with Gasteiger partial charge in [0.25, 0.3) is 0 Å². The standard InChI is InChI=1S/C12H12N2/c1-9-3-4-12-11(7-9)8-10(2)14(12)6-5-13/h3-4,7-8H,6H2,1-2H3. The van der Waals surface area contributed by atoms with E-state index < -0.39 is 0 Å². The summed E-state index contributed by atoms with van der Waals surface area (Å²) in [7, 11) is 0. The minimum absolute atomic E-state index is 0.429. The number of aryl methyl sites for hydroxylation is 2. The molecule has 1 heterocycles. The molecule has 0 aliphatic rings. The molecule has 0 spiro atoms. The Balaban J connectivity index is 2.72. The normalized spacial score (nSPS) is 10.4.